The molecule has 0 aliphatic carbocycles. The Bertz CT molecular complexity index is 557. The van der Waals surface area contributed by atoms with Gasteiger partial charge in [0.25, 0.3) is 11.7 Å². The Morgan fingerprint density at radius 2 is 2.35 bits per heavy atom. The lowest BCUT2D eigenvalue weighted by Gasteiger charge is -2.09. The maximum Gasteiger partial charge on any atom is 0.287 e. The van der Waals surface area contributed by atoms with E-state index in [4.69, 9.17) is 4.42 Å². The average Bonchev–Trinajstić information content (AvgIpc) is 3.07. The number of thioether (sulfide) groups is 1. The van der Waals surface area contributed by atoms with Crippen molar-refractivity contribution in [3.63, 3.8) is 0 Å². The number of H-pyrrole nitrogens is 1. The predicted molar refractivity (Wildman–Crippen MR) is 70.5 cm³/mol. The first-order valence-corrected chi connectivity index (χ1v) is 6.89. The van der Waals surface area contributed by atoms with Crippen LogP contribution in [0.25, 0.3) is 0 Å². The Hall–Kier alpha value is -1.83. The van der Waals surface area contributed by atoms with Gasteiger partial charge in [0.2, 0.25) is 0 Å². The normalized spacial score (nSPS) is 12.6. The van der Waals surface area contributed by atoms with E-state index in [9.17, 15) is 13.6 Å². The van der Waals surface area contributed by atoms with Crippen molar-refractivity contribution in [1.29, 1.82) is 0 Å². The first kappa shape index (κ1) is 14.6. The van der Waals surface area contributed by atoms with Gasteiger partial charge in [-0.25, -0.2) is 4.98 Å². The van der Waals surface area contributed by atoms with Crippen LogP contribution < -0.4 is 5.32 Å². The zero-order valence-electron chi connectivity index (χ0n) is 10.6. The van der Waals surface area contributed by atoms with Crippen molar-refractivity contribution in [2.24, 2.45) is 0 Å². The van der Waals surface area contributed by atoms with Crippen molar-refractivity contribution in [3.8, 4) is 0 Å². The van der Waals surface area contributed by atoms with Crippen molar-refractivity contribution >= 4 is 17.7 Å². The molecule has 0 aliphatic heterocycles. The highest BCUT2D eigenvalue weighted by Gasteiger charge is 2.16. The number of hydrogen-bond donors (Lipinski definition) is 2. The molecule has 108 valence electrons. The Kier molecular flexibility index (Phi) is 4.78. The third kappa shape index (κ3) is 3.83. The highest BCUT2D eigenvalue weighted by molar-refractivity contribution is 7.98. The van der Waals surface area contributed by atoms with Crippen molar-refractivity contribution in [3.05, 3.63) is 41.9 Å². The number of imidazole rings is 1. The standard InChI is InChI=1S/C12H13F2N3O2S/c1-7(10-15-4-5-16-10)17-11(18)9-3-2-8(19-9)6-20-12(13)14/h2-5,7,12H,6H2,1H3,(H,15,16)(H,17,18). The lowest BCUT2D eigenvalue weighted by Crippen LogP contribution is -2.26. The van der Waals surface area contributed by atoms with E-state index < -0.39 is 11.7 Å². The van der Waals surface area contributed by atoms with Crippen LogP contribution in [0.4, 0.5) is 8.78 Å². The van der Waals surface area contributed by atoms with Gasteiger partial charge in [0.15, 0.2) is 5.76 Å². The van der Waals surface area contributed by atoms with Gasteiger partial charge in [-0.15, -0.1) is 0 Å². The minimum Gasteiger partial charge on any atom is -0.455 e. The second kappa shape index (κ2) is 6.56. The summed E-state index contributed by atoms with van der Waals surface area (Å²) in [7, 11) is 0. The molecule has 5 nitrogen and oxygen atoms in total. The Morgan fingerprint density at radius 1 is 1.55 bits per heavy atom. The van der Waals surface area contributed by atoms with Gasteiger partial charge in [0.05, 0.1) is 11.8 Å². The van der Waals surface area contributed by atoms with Crippen LogP contribution >= 0.6 is 11.8 Å². The molecule has 0 saturated heterocycles. The fraction of sp³-hybridized carbons (Fsp3) is 0.333. The minimum absolute atomic E-state index is 0.0265. The summed E-state index contributed by atoms with van der Waals surface area (Å²) in [6.45, 7) is 1.77. The maximum absolute atomic E-state index is 12.0. The van der Waals surface area contributed by atoms with E-state index >= 15 is 0 Å². The first-order valence-electron chi connectivity index (χ1n) is 5.85. The van der Waals surface area contributed by atoms with Crippen LogP contribution in [-0.4, -0.2) is 21.6 Å². The largest absolute Gasteiger partial charge is 0.455 e. The van der Waals surface area contributed by atoms with E-state index in [0.29, 0.717) is 23.3 Å². The van der Waals surface area contributed by atoms with E-state index in [-0.39, 0.29) is 17.6 Å². The van der Waals surface area contributed by atoms with E-state index in [2.05, 4.69) is 15.3 Å². The van der Waals surface area contributed by atoms with E-state index in [1.54, 1.807) is 19.3 Å². The summed E-state index contributed by atoms with van der Waals surface area (Å²) in [5, 5.41) is 2.70. The van der Waals surface area contributed by atoms with Crippen LogP contribution in [0.2, 0.25) is 0 Å². The molecule has 0 spiro atoms. The van der Waals surface area contributed by atoms with E-state index in [1.165, 1.54) is 12.1 Å². The molecule has 1 amide bonds. The first-order chi connectivity index (χ1) is 9.56. The molecule has 2 rings (SSSR count). The van der Waals surface area contributed by atoms with Crippen LogP contribution in [0.1, 0.15) is 35.1 Å². The van der Waals surface area contributed by atoms with E-state index in [1.807, 2.05) is 0 Å². The van der Waals surface area contributed by atoms with Crippen molar-refractivity contribution < 1.29 is 18.0 Å². The molecule has 0 saturated carbocycles. The fourth-order valence-electron chi connectivity index (χ4n) is 1.57. The van der Waals surface area contributed by atoms with Crippen LogP contribution in [0.5, 0.6) is 0 Å². The Labute approximate surface area is 118 Å². The van der Waals surface area contributed by atoms with Crippen LogP contribution in [0, 0.1) is 0 Å². The highest BCUT2D eigenvalue weighted by atomic mass is 32.2. The molecule has 0 fully saturated rings. The molecular formula is C12H13F2N3O2S. The molecule has 0 aromatic carbocycles. The van der Waals surface area contributed by atoms with E-state index in [0.717, 1.165) is 0 Å². The van der Waals surface area contributed by atoms with Crippen LogP contribution in [0.15, 0.2) is 28.9 Å². The molecule has 20 heavy (non-hydrogen) atoms. The zero-order chi connectivity index (χ0) is 14.5. The summed E-state index contributed by atoms with van der Waals surface area (Å²) in [5.74, 6) is -1.80. The molecule has 2 aromatic rings. The van der Waals surface area contributed by atoms with Gasteiger partial charge in [0.1, 0.15) is 11.6 Å². The summed E-state index contributed by atoms with van der Waals surface area (Å²) in [6.07, 6.45) is 3.25. The maximum atomic E-state index is 12.0. The smallest absolute Gasteiger partial charge is 0.287 e. The van der Waals surface area contributed by atoms with Crippen molar-refractivity contribution in [2.75, 3.05) is 0 Å². The summed E-state index contributed by atoms with van der Waals surface area (Å²) < 4.78 is 29.3. The number of amides is 1. The van der Waals surface area contributed by atoms with Gasteiger partial charge >= 0.3 is 0 Å². The molecule has 0 aliphatic rings. The number of hydrogen-bond acceptors (Lipinski definition) is 4. The number of rotatable bonds is 6. The number of alkyl halides is 2. The number of aromatic nitrogens is 2. The van der Waals surface area contributed by atoms with Gasteiger partial charge < -0.3 is 14.7 Å². The van der Waals surface area contributed by atoms with Gasteiger partial charge in [-0.1, -0.05) is 11.8 Å². The number of nitrogens with one attached hydrogen (secondary N) is 2. The molecule has 8 heteroatoms. The second-order valence-corrected chi connectivity index (χ2v) is 4.99. The second-order valence-electron chi connectivity index (χ2n) is 4.01. The predicted octanol–water partition coefficient (Wildman–Crippen LogP) is 2.95. The number of furan rings is 1. The Morgan fingerprint density at radius 3 is 3.00 bits per heavy atom. The summed E-state index contributed by atoms with van der Waals surface area (Å²) in [5.41, 5.74) is 0. The summed E-state index contributed by atoms with van der Waals surface area (Å²) in [6, 6.07) is 2.68. The third-order valence-electron chi connectivity index (χ3n) is 2.51. The fourth-order valence-corrected chi connectivity index (χ4v) is 2.02. The number of halogens is 2. The zero-order valence-corrected chi connectivity index (χ0v) is 11.4. The quantitative estimate of drug-likeness (QED) is 0.860. The van der Waals surface area contributed by atoms with Crippen molar-refractivity contribution in [1.82, 2.24) is 15.3 Å². The molecule has 2 heterocycles. The minimum atomic E-state index is -2.46. The SMILES string of the molecule is CC(NC(=O)c1ccc(CSC(F)F)o1)c1ncc[nH]1. The summed E-state index contributed by atoms with van der Waals surface area (Å²) in [4.78, 5) is 18.8. The molecule has 0 bridgehead atoms. The van der Waals surface area contributed by atoms with Gasteiger partial charge in [-0.2, -0.15) is 8.78 Å². The number of nitrogens with zero attached hydrogens (tertiary/aromatic N) is 1. The molecule has 1 atom stereocenters. The molecule has 2 N–H and O–H groups in total. The highest BCUT2D eigenvalue weighted by Crippen LogP contribution is 2.21. The number of aromatic amines is 1. The lowest BCUT2D eigenvalue weighted by molar-refractivity contribution is 0.0909. The van der Waals surface area contributed by atoms with Gasteiger partial charge in [0, 0.05) is 12.4 Å². The molecular weight excluding hydrogens is 288 g/mol. The lowest BCUT2D eigenvalue weighted by atomic mass is 10.3. The average molecular weight is 301 g/mol. The number of carbonyl (C=O) groups excluding carboxylic acids is 1. The van der Waals surface area contributed by atoms with Gasteiger partial charge in [-0.3, -0.25) is 4.79 Å². The van der Waals surface area contributed by atoms with Crippen LogP contribution in [0.3, 0.4) is 0 Å². The van der Waals surface area contributed by atoms with Crippen LogP contribution in [-0.2, 0) is 5.75 Å². The van der Waals surface area contributed by atoms with Gasteiger partial charge in [-0.05, 0) is 19.1 Å². The molecule has 0 radical (unpaired) electrons. The van der Waals surface area contributed by atoms with Crippen molar-refractivity contribution in [2.45, 2.75) is 24.5 Å². The number of carbonyl (C=O) groups is 1. The summed E-state index contributed by atoms with van der Waals surface area (Å²) >= 11 is 0.448. The monoisotopic (exact) mass is 301 g/mol. The molecule has 1 unspecified atom stereocenters. The Balaban J connectivity index is 1.92. The third-order valence-corrected chi connectivity index (χ3v) is 3.22. The molecule has 2 aromatic heterocycles. The topological polar surface area (TPSA) is 70.9 Å².